The molecule has 2 heterocycles. The Morgan fingerprint density at radius 3 is 2.88 bits per heavy atom. The summed E-state index contributed by atoms with van der Waals surface area (Å²) in [5.74, 6) is 1.49. The second-order valence-electron chi connectivity index (χ2n) is 7.61. The van der Waals surface area contributed by atoms with E-state index in [1.54, 1.807) is 0 Å². The maximum Gasteiger partial charge on any atom is 0.111 e. The molecule has 0 spiro atoms. The van der Waals surface area contributed by atoms with Gasteiger partial charge in [-0.05, 0) is 56.5 Å². The van der Waals surface area contributed by atoms with Crippen LogP contribution in [0.3, 0.4) is 0 Å². The van der Waals surface area contributed by atoms with Crippen LogP contribution in [0, 0.1) is 13.8 Å². The number of aromatic nitrogens is 2. The van der Waals surface area contributed by atoms with Crippen LogP contribution in [-0.2, 0) is 0 Å². The van der Waals surface area contributed by atoms with Crippen molar-refractivity contribution >= 4 is 11.0 Å². The number of fused-ring (bicyclic) bond motifs is 1. The number of imidazole rings is 1. The van der Waals surface area contributed by atoms with E-state index in [0.29, 0.717) is 12.5 Å². The maximum absolute atomic E-state index is 10.8. The van der Waals surface area contributed by atoms with Crippen LogP contribution < -0.4 is 0 Å². The lowest BCUT2D eigenvalue weighted by atomic mass is 9.95. The zero-order chi connectivity index (χ0) is 18.1. The molecule has 0 aliphatic carbocycles. The highest BCUT2D eigenvalue weighted by molar-refractivity contribution is 5.74. The number of aliphatic hydroxyl groups excluding tert-OH is 1. The van der Waals surface area contributed by atoms with E-state index in [4.69, 9.17) is 4.98 Å². The first kappa shape index (κ1) is 17.3. The van der Waals surface area contributed by atoms with Crippen LogP contribution in [0.25, 0.3) is 11.0 Å². The molecule has 2 aromatic carbocycles. The standard InChI is InChI=1S/C22H27N3O/c1-15-9-10-18(16(2)12-15)21(26)14-25-11-5-6-17(13-25)22-23-19-7-3-4-8-20(19)24-22/h3-4,7-10,12,17,21,26H,5-6,11,13-14H2,1-2H3,(H,23,24)/t17-,21-/m0/s1. The highest BCUT2D eigenvalue weighted by atomic mass is 16.3. The lowest BCUT2D eigenvalue weighted by molar-refractivity contribution is 0.0942. The summed E-state index contributed by atoms with van der Waals surface area (Å²) < 4.78 is 0. The second kappa shape index (κ2) is 7.22. The van der Waals surface area contributed by atoms with Crippen molar-refractivity contribution < 1.29 is 5.11 Å². The zero-order valence-electron chi connectivity index (χ0n) is 15.6. The van der Waals surface area contributed by atoms with E-state index in [0.717, 1.165) is 48.4 Å². The SMILES string of the molecule is Cc1ccc([C@@H](O)CN2CCC[C@H](c3nc4ccccc4[nH]3)C2)c(C)c1. The predicted octanol–water partition coefficient (Wildman–Crippen LogP) is 4.09. The second-order valence-corrected chi connectivity index (χ2v) is 7.61. The molecule has 1 fully saturated rings. The fourth-order valence-corrected chi connectivity index (χ4v) is 4.15. The number of aliphatic hydroxyl groups is 1. The molecule has 4 nitrogen and oxygen atoms in total. The van der Waals surface area contributed by atoms with Crippen LogP contribution in [0.4, 0.5) is 0 Å². The van der Waals surface area contributed by atoms with Crippen LogP contribution in [0.2, 0.25) is 0 Å². The number of likely N-dealkylation sites (tertiary alicyclic amines) is 1. The van der Waals surface area contributed by atoms with Crippen molar-refractivity contribution in [1.29, 1.82) is 0 Å². The Morgan fingerprint density at radius 2 is 2.08 bits per heavy atom. The molecule has 1 aromatic heterocycles. The first-order valence-corrected chi connectivity index (χ1v) is 9.52. The average Bonchev–Trinajstić information content (AvgIpc) is 3.06. The number of H-pyrrole nitrogens is 1. The van der Waals surface area contributed by atoms with Gasteiger partial charge in [0.25, 0.3) is 0 Å². The minimum absolute atomic E-state index is 0.405. The van der Waals surface area contributed by atoms with Crippen molar-refractivity contribution in [2.24, 2.45) is 0 Å². The number of para-hydroxylation sites is 2. The Morgan fingerprint density at radius 1 is 1.23 bits per heavy atom. The monoisotopic (exact) mass is 349 g/mol. The molecule has 136 valence electrons. The van der Waals surface area contributed by atoms with Crippen molar-refractivity contribution in [3.8, 4) is 0 Å². The Kier molecular flexibility index (Phi) is 4.79. The maximum atomic E-state index is 10.8. The Balaban J connectivity index is 1.46. The van der Waals surface area contributed by atoms with Gasteiger partial charge in [0, 0.05) is 19.0 Å². The summed E-state index contributed by atoms with van der Waals surface area (Å²) in [4.78, 5) is 10.7. The largest absolute Gasteiger partial charge is 0.387 e. The third-order valence-corrected chi connectivity index (χ3v) is 5.52. The molecule has 0 unspecified atom stereocenters. The molecule has 0 saturated carbocycles. The Labute approximate surface area is 154 Å². The number of piperidine rings is 1. The summed E-state index contributed by atoms with van der Waals surface area (Å²) in [6.45, 7) is 6.84. The molecule has 1 saturated heterocycles. The van der Waals surface area contributed by atoms with Crippen molar-refractivity contribution in [3.05, 3.63) is 65.0 Å². The highest BCUT2D eigenvalue weighted by Crippen LogP contribution is 2.28. The van der Waals surface area contributed by atoms with Crippen molar-refractivity contribution in [2.75, 3.05) is 19.6 Å². The number of nitrogens with zero attached hydrogens (tertiary/aromatic N) is 2. The number of hydrogen-bond donors (Lipinski definition) is 2. The van der Waals surface area contributed by atoms with Gasteiger partial charge in [0.15, 0.2) is 0 Å². The molecular weight excluding hydrogens is 322 g/mol. The van der Waals surface area contributed by atoms with Gasteiger partial charge in [-0.25, -0.2) is 4.98 Å². The van der Waals surface area contributed by atoms with Gasteiger partial charge in [-0.1, -0.05) is 35.9 Å². The number of aromatic amines is 1. The first-order chi connectivity index (χ1) is 12.6. The molecule has 0 amide bonds. The number of β-amino-alcohol motifs (C(OH)–C–C–N with tert-alkyl or cyclic N) is 1. The van der Waals surface area contributed by atoms with Crippen LogP contribution in [0.15, 0.2) is 42.5 Å². The van der Waals surface area contributed by atoms with Crippen LogP contribution >= 0.6 is 0 Å². The third-order valence-electron chi connectivity index (χ3n) is 5.52. The number of rotatable bonds is 4. The van der Waals surface area contributed by atoms with Gasteiger partial charge < -0.3 is 10.1 Å². The summed E-state index contributed by atoms with van der Waals surface area (Å²) in [7, 11) is 0. The van der Waals surface area contributed by atoms with Crippen molar-refractivity contribution in [2.45, 2.75) is 38.7 Å². The molecule has 1 aliphatic heterocycles. The summed E-state index contributed by atoms with van der Waals surface area (Å²) in [6.07, 6.45) is 1.85. The summed E-state index contributed by atoms with van der Waals surface area (Å²) in [6, 6.07) is 14.5. The Hall–Kier alpha value is -2.17. The molecule has 4 rings (SSSR count). The van der Waals surface area contributed by atoms with E-state index >= 15 is 0 Å². The van der Waals surface area contributed by atoms with Crippen LogP contribution in [-0.4, -0.2) is 39.6 Å². The lowest BCUT2D eigenvalue weighted by Gasteiger charge is -2.33. The average molecular weight is 349 g/mol. The summed E-state index contributed by atoms with van der Waals surface area (Å²) in [5, 5.41) is 10.8. The van der Waals surface area contributed by atoms with E-state index in [1.165, 1.54) is 11.1 Å². The lowest BCUT2D eigenvalue weighted by Crippen LogP contribution is -2.37. The van der Waals surface area contributed by atoms with E-state index in [2.05, 4.69) is 54.1 Å². The highest BCUT2D eigenvalue weighted by Gasteiger charge is 2.25. The molecule has 2 atom stereocenters. The molecule has 3 aromatic rings. The predicted molar refractivity (Wildman–Crippen MR) is 105 cm³/mol. The van der Waals surface area contributed by atoms with Gasteiger partial charge >= 0.3 is 0 Å². The van der Waals surface area contributed by atoms with E-state index in [-0.39, 0.29) is 0 Å². The van der Waals surface area contributed by atoms with Crippen molar-refractivity contribution in [1.82, 2.24) is 14.9 Å². The molecule has 1 aliphatic rings. The normalized spacial score (nSPS) is 19.7. The molecule has 0 bridgehead atoms. The first-order valence-electron chi connectivity index (χ1n) is 9.52. The molecular formula is C22H27N3O. The van der Waals surface area contributed by atoms with E-state index in [1.807, 2.05) is 12.1 Å². The van der Waals surface area contributed by atoms with Gasteiger partial charge in [-0.3, -0.25) is 4.90 Å². The van der Waals surface area contributed by atoms with Gasteiger partial charge in [0.05, 0.1) is 17.1 Å². The number of aryl methyl sites for hydroxylation is 2. The topological polar surface area (TPSA) is 52.1 Å². The van der Waals surface area contributed by atoms with Gasteiger partial charge in [0.2, 0.25) is 0 Å². The minimum atomic E-state index is -0.440. The quantitative estimate of drug-likeness (QED) is 0.746. The fraction of sp³-hybridized carbons (Fsp3) is 0.409. The van der Waals surface area contributed by atoms with Crippen molar-refractivity contribution in [3.63, 3.8) is 0 Å². The van der Waals surface area contributed by atoms with Crippen LogP contribution in [0.5, 0.6) is 0 Å². The molecule has 0 radical (unpaired) electrons. The smallest absolute Gasteiger partial charge is 0.111 e. The number of hydrogen-bond acceptors (Lipinski definition) is 3. The van der Waals surface area contributed by atoms with E-state index < -0.39 is 6.10 Å². The third kappa shape index (κ3) is 3.53. The molecule has 26 heavy (non-hydrogen) atoms. The number of nitrogens with one attached hydrogen (secondary N) is 1. The zero-order valence-corrected chi connectivity index (χ0v) is 15.6. The van der Waals surface area contributed by atoms with Gasteiger partial charge in [-0.15, -0.1) is 0 Å². The summed E-state index contributed by atoms with van der Waals surface area (Å²) >= 11 is 0. The fourth-order valence-electron chi connectivity index (χ4n) is 4.15. The molecule has 2 N–H and O–H groups in total. The summed E-state index contributed by atoms with van der Waals surface area (Å²) in [5.41, 5.74) is 5.59. The van der Waals surface area contributed by atoms with Gasteiger partial charge in [0.1, 0.15) is 5.82 Å². The Bertz CT molecular complexity index is 868. The molecule has 4 heteroatoms. The van der Waals surface area contributed by atoms with Crippen LogP contribution in [0.1, 0.15) is 47.4 Å². The van der Waals surface area contributed by atoms with E-state index in [9.17, 15) is 5.11 Å². The van der Waals surface area contributed by atoms with Gasteiger partial charge in [-0.2, -0.15) is 0 Å². The number of benzene rings is 2. The minimum Gasteiger partial charge on any atom is -0.387 e.